The molecule has 1 fully saturated rings. The lowest BCUT2D eigenvalue weighted by molar-refractivity contribution is -0.0697. The maximum Gasteiger partial charge on any atom is 0.123 e. The van der Waals surface area contributed by atoms with Gasteiger partial charge in [0.05, 0.1) is 18.8 Å². The topological polar surface area (TPSA) is 38.5 Å². The van der Waals surface area contributed by atoms with Gasteiger partial charge in [-0.25, -0.2) is 4.39 Å². The van der Waals surface area contributed by atoms with Gasteiger partial charge in [-0.15, -0.1) is 0 Å². The van der Waals surface area contributed by atoms with Crippen molar-refractivity contribution in [1.82, 2.24) is 4.90 Å². The maximum atomic E-state index is 13.4. The van der Waals surface area contributed by atoms with Crippen molar-refractivity contribution < 1.29 is 9.13 Å². The Morgan fingerprint density at radius 1 is 1.42 bits per heavy atom. The van der Waals surface area contributed by atoms with E-state index in [1.165, 1.54) is 6.07 Å². The Bertz CT molecular complexity index is 424. The summed E-state index contributed by atoms with van der Waals surface area (Å²) < 4.78 is 19.1. The second-order valence-electron chi connectivity index (χ2n) is 5.55. The van der Waals surface area contributed by atoms with Gasteiger partial charge in [0.15, 0.2) is 0 Å². The van der Waals surface area contributed by atoms with Crippen LogP contribution in [0, 0.1) is 5.82 Å². The van der Waals surface area contributed by atoms with Gasteiger partial charge in [-0.2, -0.15) is 0 Å². The Kier molecular flexibility index (Phi) is 4.55. The number of hydrogen-bond acceptors (Lipinski definition) is 3. The van der Waals surface area contributed by atoms with E-state index in [-0.39, 0.29) is 30.0 Å². The first-order valence-corrected chi connectivity index (χ1v) is 6.87. The van der Waals surface area contributed by atoms with Gasteiger partial charge in [0, 0.05) is 18.6 Å². The Morgan fingerprint density at radius 2 is 2.16 bits per heavy atom. The highest BCUT2D eigenvalue weighted by atomic mass is 19.1. The third-order valence-corrected chi connectivity index (χ3v) is 3.70. The van der Waals surface area contributed by atoms with E-state index in [1.54, 1.807) is 12.1 Å². The highest BCUT2D eigenvalue weighted by Gasteiger charge is 2.32. The van der Waals surface area contributed by atoms with Gasteiger partial charge >= 0.3 is 0 Å². The predicted molar refractivity (Wildman–Crippen MR) is 74.4 cm³/mol. The Morgan fingerprint density at radius 3 is 2.79 bits per heavy atom. The monoisotopic (exact) mass is 266 g/mol. The van der Waals surface area contributed by atoms with Gasteiger partial charge in [0.2, 0.25) is 0 Å². The number of morpholine rings is 1. The third-order valence-electron chi connectivity index (χ3n) is 3.70. The summed E-state index contributed by atoms with van der Waals surface area (Å²) in [5.41, 5.74) is 7.09. The van der Waals surface area contributed by atoms with Crippen molar-refractivity contribution in [2.75, 3.05) is 13.2 Å². The van der Waals surface area contributed by atoms with Crippen LogP contribution in [0.2, 0.25) is 0 Å². The maximum absolute atomic E-state index is 13.4. The predicted octanol–water partition coefficient (Wildman–Crippen LogP) is 2.32. The van der Waals surface area contributed by atoms with Crippen molar-refractivity contribution in [2.24, 2.45) is 5.73 Å². The molecule has 1 aliphatic rings. The fourth-order valence-electron chi connectivity index (χ4n) is 2.80. The number of rotatable bonds is 3. The average molecular weight is 266 g/mol. The van der Waals surface area contributed by atoms with E-state index >= 15 is 0 Å². The molecule has 0 amide bonds. The molecular weight excluding hydrogens is 243 g/mol. The number of benzene rings is 1. The summed E-state index contributed by atoms with van der Waals surface area (Å²) in [4.78, 5) is 2.33. The summed E-state index contributed by atoms with van der Waals surface area (Å²) in [7, 11) is 0. The molecule has 1 saturated heterocycles. The Hall–Kier alpha value is -0.970. The fourth-order valence-corrected chi connectivity index (χ4v) is 2.80. The quantitative estimate of drug-likeness (QED) is 0.912. The van der Waals surface area contributed by atoms with Crippen molar-refractivity contribution in [3.05, 3.63) is 35.6 Å². The largest absolute Gasteiger partial charge is 0.376 e. The molecule has 2 rings (SSSR count). The highest BCUT2D eigenvalue weighted by Crippen LogP contribution is 2.28. The van der Waals surface area contributed by atoms with E-state index in [0.29, 0.717) is 6.61 Å². The van der Waals surface area contributed by atoms with Gasteiger partial charge in [-0.3, -0.25) is 4.90 Å². The average Bonchev–Trinajstić information content (AvgIpc) is 2.33. The zero-order chi connectivity index (χ0) is 14.0. The molecule has 106 valence electrons. The van der Waals surface area contributed by atoms with Crippen LogP contribution in [0.1, 0.15) is 32.4 Å². The van der Waals surface area contributed by atoms with Crippen LogP contribution in [-0.4, -0.2) is 36.2 Å². The second kappa shape index (κ2) is 5.99. The first-order chi connectivity index (χ1) is 8.99. The second-order valence-corrected chi connectivity index (χ2v) is 5.55. The van der Waals surface area contributed by atoms with E-state index in [0.717, 1.165) is 12.1 Å². The minimum absolute atomic E-state index is 0.0250. The first kappa shape index (κ1) is 14.4. The van der Waals surface area contributed by atoms with Crippen LogP contribution in [0.25, 0.3) is 0 Å². The highest BCUT2D eigenvalue weighted by molar-refractivity contribution is 5.22. The number of nitrogens with zero attached hydrogens (tertiary/aromatic N) is 1. The lowest BCUT2D eigenvalue weighted by Gasteiger charge is -2.43. The number of nitrogens with two attached hydrogens (primary N) is 1. The molecule has 4 heteroatoms. The Balaban J connectivity index is 2.29. The molecule has 1 aromatic rings. The molecule has 3 nitrogen and oxygen atoms in total. The first-order valence-electron chi connectivity index (χ1n) is 6.87. The molecule has 19 heavy (non-hydrogen) atoms. The summed E-state index contributed by atoms with van der Waals surface area (Å²) >= 11 is 0. The van der Waals surface area contributed by atoms with Crippen molar-refractivity contribution in [2.45, 2.75) is 45.0 Å². The lowest BCUT2D eigenvalue weighted by atomic mass is 9.96. The Labute approximate surface area is 114 Å². The molecule has 0 aromatic heterocycles. The number of ether oxygens (including phenoxy) is 1. The lowest BCUT2D eigenvalue weighted by Crippen LogP contribution is -2.52. The van der Waals surface area contributed by atoms with Crippen LogP contribution < -0.4 is 5.73 Å². The summed E-state index contributed by atoms with van der Waals surface area (Å²) in [6.45, 7) is 7.68. The molecule has 0 bridgehead atoms. The van der Waals surface area contributed by atoms with Crippen LogP contribution in [0.4, 0.5) is 4.39 Å². The van der Waals surface area contributed by atoms with E-state index in [9.17, 15) is 4.39 Å². The molecule has 0 aliphatic carbocycles. The molecule has 1 heterocycles. The van der Waals surface area contributed by atoms with Crippen molar-refractivity contribution in [3.8, 4) is 0 Å². The summed E-state index contributed by atoms with van der Waals surface area (Å²) in [5.74, 6) is -0.211. The van der Waals surface area contributed by atoms with Crippen molar-refractivity contribution in [3.63, 3.8) is 0 Å². The molecular formula is C15H23FN2O. The fraction of sp³-hybridized carbons (Fsp3) is 0.600. The molecule has 4 unspecified atom stereocenters. The molecule has 0 radical (unpaired) electrons. The van der Waals surface area contributed by atoms with E-state index in [4.69, 9.17) is 10.5 Å². The summed E-state index contributed by atoms with van der Waals surface area (Å²) in [5, 5.41) is 0. The van der Waals surface area contributed by atoms with E-state index in [1.807, 2.05) is 13.0 Å². The van der Waals surface area contributed by atoms with Crippen LogP contribution in [-0.2, 0) is 4.74 Å². The van der Waals surface area contributed by atoms with Gasteiger partial charge in [-0.1, -0.05) is 12.1 Å². The van der Waals surface area contributed by atoms with Gasteiger partial charge in [-0.05, 0) is 38.5 Å². The minimum Gasteiger partial charge on any atom is -0.376 e. The summed E-state index contributed by atoms with van der Waals surface area (Å²) in [6, 6.07) is 6.99. The van der Waals surface area contributed by atoms with Crippen LogP contribution >= 0.6 is 0 Å². The minimum atomic E-state index is -0.211. The zero-order valence-electron chi connectivity index (χ0n) is 11.8. The third kappa shape index (κ3) is 3.32. The van der Waals surface area contributed by atoms with E-state index in [2.05, 4.69) is 18.7 Å². The van der Waals surface area contributed by atoms with E-state index < -0.39 is 0 Å². The molecule has 4 atom stereocenters. The molecule has 2 N–H and O–H groups in total. The summed E-state index contributed by atoms with van der Waals surface area (Å²) in [6.07, 6.45) is 0.186. The van der Waals surface area contributed by atoms with Gasteiger partial charge in [0.25, 0.3) is 0 Å². The van der Waals surface area contributed by atoms with Gasteiger partial charge < -0.3 is 10.5 Å². The number of hydrogen-bond donors (Lipinski definition) is 1. The molecule has 0 spiro atoms. The molecule has 1 aliphatic heterocycles. The van der Waals surface area contributed by atoms with Crippen molar-refractivity contribution in [1.29, 1.82) is 0 Å². The van der Waals surface area contributed by atoms with Crippen LogP contribution in [0.3, 0.4) is 0 Å². The smallest absolute Gasteiger partial charge is 0.123 e. The normalized spacial score (nSPS) is 28.1. The molecule has 1 aromatic carbocycles. The number of halogens is 1. The molecule has 0 saturated carbocycles. The van der Waals surface area contributed by atoms with Gasteiger partial charge in [0.1, 0.15) is 5.82 Å². The zero-order valence-corrected chi connectivity index (χ0v) is 11.8. The SMILES string of the molecule is CC1CN(C(c2cccc(F)c2)C(C)N)C(C)CO1. The van der Waals surface area contributed by atoms with Crippen LogP contribution in [0.5, 0.6) is 0 Å². The van der Waals surface area contributed by atoms with Crippen LogP contribution in [0.15, 0.2) is 24.3 Å². The standard InChI is InChI=1S/C15H23FN2O/c1-10-9-19-11(2)8-18(10)15(12(3)17)13-5-4-6-14(16)7-13/h4-7,10-12,15H,8-9,17H2,1-3H3. The van der Waals surface area contributed by atoms with Crippen molar-refractivity contribution >= 4 is 0 Å².